The van der Waals surface area contributed by atoms with Crippen LogP contribution >= 0.6 is 27.3 Å². The van der Waals surface area contributed by atoms with E-state index in [9.17, 15) is 15.0 Å². The van der Waals surface area contributed by atoms with E-state index < -0.39 is 0 Å². The highest BCUT2D eigenvalue weighted by Gasteiger charge is 2.62. The van der Waals surface area contributed by atoms with Gasteiger partial charge in [-0.1, -0.05) is 27.7 Å². The molecule has 36 heavy (non-hydrogen) atoms. The standard InChI is InChI=1S/C30H46BrNO3S/c1-5-23(25-8-9-26(31)36-25)32-27(35)14-17(2)20-6-7-21-28-22(11-13-30(20,21)4)29(3)12-10-19(33)15-18(29)16-24(28)34/h8-9,17-24,28,33-34H,5-7,10-16H2,1-4H3,(H,32,35)/t17-,18+,19+,20?,21+,22+,23-,24-,28+,29+,30-/m1/s1. The van der Waals surface area contributed by atoms with Crippen molar-refractivity contribution in [2.24, 2.45) is 46.3 Å². The average Bonchev–Trinajstić information content (AvgIpc) is 3.41. The summed E-state index contributed by atoms with van der Waals surface area (Å²) in [6.07, 6.45) is 9.60. The van der Waals surface area contributed by atoms with E-state index >= 15 is 0 Å². The fourth-order valence-corrected chi connectivity index (χ4v) is 11.3. The Hall–Kier alpha value is -0.430. The minimum Gasteiger partial charge on any atom is -0.393 e. The molecule has 1 aromatic rings. The molecule has 4 nitrogen and oxygen atoms in total. The van der Waals surface area contributed by atoms with Gasteiger partial charge in [-0.3, -0.25) is 4.79 Å². The van der Waals surface area contributed by atoms with Gasteiger partial charge in [-0.2, -0.15) is 0 Å². The number of aliphatic hydroxyl groups is 2. The molecule has 6 heteroatoms. The van der Waals surface area contributed by atoms with Gasteiger partial charge in [0.05, 0.1) is 22.0 Å². The molecule has 0 aromatic carbocycles. The quantitative estimate of drug-likeness (QED) is 0.336. The first kappa shape index (κ1) is 27.1. The van der Waals surface area contributed by atoms with Crippen molar-refractivity contribution in [3.8, 4) is 0 Å². The smallest absolute Gasteiger partial charge is 0.220 e. The summed E-state index contributed by atoms with van der Waals surface area (Å²) in [5.41, 5.74) is 0.474. The number of aliphatic hydroxyl groups excluding tert-OH is 2. The second-order valence-corrected chi connectivity index (χ2v) is 15.8. The van der Waals surface area contributed by atoms with Gasteiger partial charge in [0.1, 0.15) is 0 Å². The Kier molecular flexibility index (Phi) is 7.75. The molecule has 1 heterocycles. The van der Waals surface area contributed by atoms with E-state index in [1.165, 1.54) is 30.6 Å². The molecule has 1 amide bonds. The molecule has 0 saturated heterocycles. The molecule has 4 aliphatic carbocycles. The number of carbonyl (C=O) groups is 1. The lowest BCUT2D eigenvalue weighted by molar-refractivity contribution is -0.174. The second-order valence-electron chi connectivity index (χ2n) is 13.3. The van der Waals surface area contributed by atoms with Crippen LogP contribution in [0, 0.1) is 46.3 Å². The van der Waals surface area contributed by atoms with Crippen molar-refractivity contribution in [1.29, 1.82) is 0 Å². The second kappa shape index (κ2) is 10.3. The predicted octanol–water partition coefficient (Wildman–Crippen LogP) is 7.09. The number of nitrogens with one attached hydrogen (secondary N) is 1. The van der Waals surface area contributed by atoms with Gasteiger partial charge in [-0.15, -0.1) is 11.3 Å². The third-order valence-corrected chi connectivity index (χ3v) is 13.3. The van der Waals surface area contributed by atoms with Crippen LogP contribution < -0.4 is 5.32 Å². The maximum atomic E-state index is 13.2. The topological polar surface area (TPSA) is 69.6 Å². The van der Waals surface area contributed by atoms with Crippen LogP contribution in [0.3, 0.4) is 0 Å². The van der Waals surface area contributed by atoms with Crippen molar-refractivity contribution in [2.75, 3.05) is 0 Å². The molecule has 0 bridgehead atoms. The molecule has 202 valence electrons. The number of halogens is 1. The van der Waals surface area contributed by atoms with Crippen molar-refractivity contribution in [1.82, 2.24) is 5.32 Å². The van der Waals surface area contributed by atoms with Crippen LogP contribution in [0.5, 0.6) is 0 Å². The summed E-state index contributed by atoms with van der Waals surface area (Å²) in [6.45, 7) is 9.40. The highest BCUT2D eigenvalue weighted by Crippen LogP contribution is 2.68. The number of carbonyl (C=O) groups excluding carboxylic acids is 1. The summed E-state index contributed by atoms with van der Waals surface area (Å²) < 4.78 is 1.11. The molecule has 11 atom stereocenters. The first-order valence-electron chi connectivity index (χ1n) is 14.5. The van der Waals surface area contributed by atoms with E-state index in [2.05, 4.69) is 61.1 Å². The largest absolute Gasteiger partial charge is 0.393 e. The summed E-state index contributed by atoms with van der Waals surface area (Å²) >= 11 is 5.25. The summed E-state index contributed by atoms with van der Waals surface area (Å²) in [5.74, 6) is 3.02. The number of amides is 1. The number of thiophene rings is 1. The fourth-order valence-electron chi connectivity index (χ4n) is 9.75. The molecule has 4 saturated carbocycles. The first-order valence-corrected chi connectivity index (χ1v) is 16.1. The van der Waals surface area contributed by atoms with Crippen molar-refractivity contribution < 1.29 is 15.0 Å². The van der Waals surface area contributed by atoms with Gasteiger partial charge in [-0.05, 0) is 132 Å². The molecule has 1 unspecified atom stereocenters. The third-order valence-electron chi connectivity index (χ3n) is 11.6. The summed E-state index contributed by atoms with van der Waals surface area (Å²) in [5, 5.41) is 25.1. The summed E-state index contributed by atoms with van der Waals surface area (Å²) in [4.78, 5) is 14.4. The van der Waals surface area contributed by atoms with Gasteiger partial charge in [0.2, 0.25) is 5.91 Å². The third kappa shape index (κ3) is 4.64. The predicted molar refractivity (Wildman–Crippen MR) is 150 cm³/mol. The highest BCUT2D eigenvalue weighted by molar-refractivity contribution is 9.11. The SMILES string of the molecule is CC[C@@H](NC(=O)C[C@@H](C)C1CC[C@H]2[C@@H]3[C@H](O)C[C@@H]4C[C@@H](O)CC[C@]4(C)[C@H]3CC[C@]12C)c1ccc(Br)s1. The van der Waals surface area contributed by atoms with Crippen LogP contribution in [-0.2, 0) is 4.79 Å². The maximum Gasteiger partial charge on any atom is 0.220 e. The Labute approximate surface area is 230 Å². The summed E-state index contributed by atoms with van der Waals surface area (Å²) in [6, 6.07) is 4.26. The monoisotopic (exact) mass is 579 g/mol. The van der Waals surface area contributed by atoms with Crippen molar-refractivity contribution in [3.63, 3.8) is 0 Å². The minimum absolute atomic E-state index is 0.0865. The molecule has 4 fully saturated rings. The zero-order valence-corrected chi connectivity index (χ0v) is 24.9. The fraction of sp³-hybridized carbons (Fsp3) is 0.833. The van der Waals surface area contributed by atoms with Crippen LogP contribution in [0.1, 0.15) is 103 Å². The van der Waals surface area contributed by atoms with Gasteiger partial charge < -0.3 is 15.5 Å². The molecular weight excluding hydrogens is 534 g/mol. The lowest BCUT2D eigenvalue weighted by Gasteiger charge is -2.62. The minimum atomic E-state index is -0.240. The Morgan fingerprint density at radius 3 is 2.53 bits per heavy atom. The Balaban J connectivity index is 1.27. The Bertz CT molecular complexity index is 952. The van der Waals surface area contributed by atoms with E-state index in [4.69, 9.17) is 0 Å². The van der Waals surface area contributed by atoms with Crippen LogP contribution in [0.15, 0.2) is 15.9 Å². The van der Waals surface area contributed by atoms with Gasteiger partial charge in [0.25, 0.3) is 0 Å². The van der Waals surface area contributed by atoms with E-state index in [0.717, 1.165) is 35.9 Å². The molecule has 1 aromatic heterocycles. The average molecular weight is 581 g/mol. The zero-order valence-electron chi connectivity index (χ0n) is 22.5. The van der Waals surface area contributed by atoms with Crippen LogP contribution in [0.2, 0.25) is 0 Å². The lowest BCUT2D eigenvalue weighted by Crippen LogP contribution is -2.58. The molecule has 0 aliphatic heterocycles. The van der Waals surface area contributed by atoms with E-state index in [1.807, 2.05) is 0 Å². The number of hydrogen-bond donors (Lipinski definition) is 3. The van der Waals surface area contributed by atoms with Gasteiger partial charge >= 0.3 is 0 Å². The molecule has 0 spiro atoms. The molecule has 0 radical (unpaired) electrons. The molecular formula is C30H46BrNO3S. The molecule has 3 N–H and O–H groups in total. The number of rotatable bonds is 6. The van der Waals surface area contributed by atoms with Gasteiger partial charge in [0.15, 0.2) is 0 Å². The van der Waals surface area contributed by atoms with E-state index in [0.29, 0.717) is 41.9 Å². The Morgan fingerprint density at radius 2 is 1.83 bits per heavy atom. The van der Waals surface area contributed by atoms with Gasteiger partial charge in [0, 0.05) is 11.3 Å². The van der Waals surface area contributed by atoms with Crippen LogP contribution in [0.4, 0.5) is 0 Å². The zero-order chi connectivity index (χ0) is 25.8. The number of hydrogen-bond acceptors (Lipinski definition) is 4. The highest BCUT2D eigenvalue weighted by atomic mass is 79.9. The summed E-state index contributed by atoms with van der Waals surface area (Å²) in [7, 11) is 0. The van der Waals surface area contributed by atoms with Crippen molar-refractivity contribution in [2.45, 2.75) is 110 Å². The van der Waals surface area contributed by atoms with Crippen LogP contribution in [0.25, 0.3) is 0 Å². The van der Waals surface area contributed by atoms with Crippen molar-refractivity contribution in [3.05, 3.63) is 20.8 Å². The molecule has 5 rings (SSSR count). The Morgan fingerprint density at radius 1 is 1.11 bits per heavy atom. The maximum absolute atomic E-state index is 13.2. The first-order chi connectivity index (χ1) is 17.1. The molecule has 4 aliphatic rings. The normalized spacial score (nSPS) is 43.7. The lowest BCUT2D eigenvalue weighted by atomic mass is 9.43. The van der Waals surface area contributed by atoms with Crippen LogP contribution in [-0.4, -0.2) is 28.3 Å². The van der Waals surface area contributed by atoms with E-state index in [1.54, 1.807) is 11.3 Å². The number of fused-ring (bicyclic) bond motifs is 5. The van der Waals surface area contributed by atoms with E-state index in [-0.39, 0.29) is 35.0 Å². The van der Waals surface area contributed by atoms with Gasteiger partial charge in [-0.25, -0.2) is 0 Å². The van der Waals surface area contributed by atoms with Crippen molar-refractivity contribution >= 4 is 33.2 Å².